The van der Waals surface area contributed by atoms with Crippen molar-refractivity contribution in [3.8, 4) is 0 Å². The van der Waals surface area contributed by atoms with Crippen LogP contribution in [-0.2, 0) is 14.3 Å². The molecule has 31 heavy (non-hydrogen) atoms. The monoisotopic (exact) mass is 438 g/mol. The Hall–Kier alpha value is -1.06. The fraction of sp³-hybridized carbons (Fsp3) is 0.926. The first kappa shape index (κ1) is 28.0. The van der Waals surface area contributed by atoms with Crippen molar-refractivity contribution in [1.29, 1.82) is 0 Å². The molecule has 0 aromatic carbocycles. The van der Waals surface area contributed by atoms with E-state index in [0.29, 0.717) is 18.8 Å². The highest BCUT2D eigenvalue weighted by molar-refractivity contribution is 5.75. The van der Waals surface area contributed by atoms with Gasteiger partial charge in [-0.25, -0.2) is 0 Å². The standard InChI is InChI=1S/C27H50O4/c1-4-7-9-10-11-13-19-25(20-22(15-6-3)16-12-8-5-2)31-27(30)24-18-14-17-23(21-24)26(28)29/h22-25H,4-21H2,1-3H3,(H,28,29). The van der Waals surface area contributed by atoms with E-state index in [-0.39, 0.29) is 23.9 Å². The van der Waals surface area contributed by atoms with E-state index in [9.17, 15) is 14.7 Å². The Morgan fingerprint density at radius 1 is 0.806 bits per heavy atom. The summed E-state index contributed by atoms with van der Waals surface area (Å²) in [6.45, 7) is 6.73. The van der Waals surface area contributed by atoms with Gasteiger partial charge >= 0.3 is 11.9 Å². The SMILES string of the molecule is CCCCCCCCC(CC(CCC)CCCCC)OC(=O)C1CCCC(C(=O)O)C1. The molecule has 0 aliphatic heterocycles. The summed E-state index contributed by atoms with van der Waals surface area (Å²) in [4.78, 5) is 24.3. The number of aliphatic carboxylic acids is 1. The van der Waals surface area contributed by atoms with Crippen molar-refractivity contribution in [3.63, 3.8) is 0 Å². The van der Waals surface area contributed by atoms with Gasteiger partial charge in [0.15, 0.2) is 0 Å². The number of hydrogen-bond acceptors (Lipinski definition) is 3. The van der Waals surface area contributed by atoms with E-state index in [2.05, 4.69) is 20.8 Å². The van der Waals surface area contributed by atoms with Crippen LogP contribution in [0.25, 0.3) is 0 Å². The Morgan fingerprint density at radius 2 is 1.42 bits per heavy atom. The fourth-order valence-electron chi connectivity index (χ4n) is 5.11. The van der Waals surface area contributed by atoms with Crippen LogP contribution >= 0.6 is 0 Å². The van der Waals surface area contributed by atoms with E-state index in [1.54, 1.807) is 0 Å². The molecule has 1 fully saturated rings. The maximum absolute atomic E-state index is 12.9. The number of hydrogen-bond donors (Lipinski definition) is 1. The van der Waals surface area contributed by atoms with Gasteiger partial charge in [0.2, 0.25) is 0 Å². The molecule has 182 valence electrons. The molecule has 4 heteroatoms. The highest BCUT2D eigenvalue weighted by atomic mass is 16.5. The Kier molecular flexibility index (Phi) is 15.8. The second-order valence-electron chi connectivity index (χ2n) is 9.90. The van der Waals surface area contributed by atoms with Crippen molar-refractivity contribution in [3.05, 3.63) is 0 Å². The minimum Gasteiger partial charge on any atom is -0.481 e. The number of carboxylic acid groups (broad SMARTS) is 1. The summed E-state index contributed by atoms with van der Waals surface area (Å²) in [7, 11) is 0. The number of carboxylic acids is 1. The number of esters is 1. The summed E-state index contributed by atoms with van der Waals surface area (Å²) in [5.41, 5.74) is 0. The van der Waals surface area contributed by atoms with Crippen LogP contribution in [-0.4, -0.2) is 23.1 Å². The summed E-state index contributed by atoms with van der Waals surface area (Å²) >= 11 is 0. The molecule has 0 aromatic heterocycles. The molecule has 4 nitrogen and oxygen atoms in total. The van der Waals surface area contributed by atoms with Gasteiger partial charge in [-0.05, 0) is 44.4 Å². The highest BCUT2D eigenvalue weighted by Crippen LogP contribution is 2.32. The third kappa shape index (κ3) is 12.5. The van der Waals surface area contributed by atoms with E-state index in [4.69, 9.17) is 4.74 Å². The van der Waals surface area contributed by atoms with Crippen LogP contribution in [0.3, 0.4) is 0 Å². The lowest BCUT2D eigenvalue weighted by molar-refractivity contribution is -0.158. The number of rotatable bonds is 18. The lowest BCUT2D eigenvalue weighted by Crippen LogP contribution is -2.31. The van der Waals surface area contributed by atoms with Crippen LogP contribution in [0.4, 0.5) is 0 Å². The molecule has 0 aromatic rings. The second kappa shape index (κ2) is 17.5. The Bertz CT molecular complexity index is 476. The average molecular weight is 439 g/mol. The van der Waals surface area contributed by atoms with Crippen LogP contribution in [0, 0.1) is 17.8 Å². The van der Waals surface area contributed by atoms with Crippen LogP contribution in [0.5, 0.6) is 0 Å². The smallest absolute Gasteiger partial charge is 0.309 e. The lowest BCUT2D eigenvalue weighted by Gasteiger charge is -2.29. The molecule has 0 amide bonds. The highest BCUT2D eigenvalue weighted by Gasteiger charge is 2.33. The molecular weight excluding hydrogens is 388 g/mol. The van der Waals surface area contributed by atoms with E-state index >= 15 is 0 Å². The molecule has 1 saturated carbocycles. The normalized spacial score (nSPS) is 20.9. The predicted molar refractivity (Wildman–Crippen MR) is 128 cm³/mol. The zero-order chi connectivity index (χ0) is 22.9. The summed E-state index contributed by atoms with van der Waals surface area (Å²) in [6.07, 6.45) is 19.5. The van der Waals surface area contributed by atoms with Crippen molar-refractivity contribution < 1.29 is 19.4 Å². The second-order valence-corrected chi connectivity index (χ2v) is 9.90. The number of carbonyl (C=O) groups excluding carboxylic acids is 1. The first-order valence-corrected chi connectivity index (χ1v) is 13.4. The van der Waals surface area contributed by atoms with Gasteiger partial charge in [0, 0.05) is 0 Å². The van der Waals surface area contributed by atoms with Gasteiger partial charge in [-0.2, -0.15) is 0 Å². The van der Waals surface area contributed by atoms with E-state index in [0.717, 1.165) is 32.1 Å². The molecule has 0 spiro atoms. The van der Waals surface area contributed by atoms with E-state index in [1.807, 2.05) is 0 Å². The number of carbonyl (C=O) groups is 2. The molecule has 4 unspecified atom stereocenters. The molecule has 1 rings (SSSR count). The van der Waals surface area contributed by atoms with Crippen molar-refractivity contribution in [1.82, 2.24) is 0 Å². The molecular formula is C27H50O4. The molecule has 1 aliphatic rings. The summed E-state index contributed by atoms with van der Waals surface area (Å²) in [5, 5.41) is 9.35. The number of unbranched alkanes of at least 4 members (excludes halogenated alkanes) is 7. The van der Waals surface area contributed by atoms with Crippen LogP contribution < -0.4 is 0 Å². The summed E-state index contributed by atoms with van der Waals surface area (Å²) in [5.74, 6) is -0.879. The molecule has 0 radical (unpaired) electrons. The summed E-state index contributed by atoms with van der Waals surface area (Å²) in [6, 6.07) is 0. The van der Waals surface area contributed by atoms with Crippen molar-refractivity contribution in [2.45, 2.75) is 142 Å². The van der Waals surface area contributed by atoms with Gasteiger partial charge in [0.1, 0.15) is 6.10 Å². The zero-order valence-electron chi connectivity index (χ0n) is 20.7. The molecule has 1 aliphatic carbocycles. The topological polar surface area (TPSA) is 63.6 Å². The number of ether oxygens (including phenoxy) is 1. The molecule has 1 N–H and O–H groups in total. The fourth-order valence-corrected chi connectivity index (χ4v) is 5.11. The maximum Gasteiger partial charge on any atom is 0.309 e. The van der Waals surface area contributed by atoms with Crippen molar-refractivity contribution in [2.75, 3.05) is 0 Å². The largest absolute Gasteiger partial charge is 0.481 e. The molecule has 4 atom stereocenters. The maximum atomic E-state index is 12.9. The third-order valence-corrected chi connectivity index (χ3v) is 7.03. The Labute approximate surface area is 191 Å². The quantitative estimate of drug-likeness (QED) is 0.174. The summed E-state index contributed by atoms with van der Waals surface area (Å²) < 4.78 is 6.10. The van der Waals surface area contributed by atoms with Crippen molar-refractivity contribution in [2.24, 2.45) is 17.8 Å². The van der Waals surface area contributed by atoms with E-state index < -0.39 is 5.97 Å². The van der Waals surface area contributed by atoms with E-state index in [1.165, 1.54) is 70.6 Å². The molecule has 0 heterocycles. The molecule has 0 saturated heterocycles. The first-order chi connectivity index (χ1) is 15.0. The minimum atomic E-state index is -0.764. The zero-order valence-corrected chi connectivity index (χ0v) is 20.7. The van der Waals surface area contributed by atoms with Gasteiger partial charge in [0.25, 0.3) is 0 Å². The van der Waals surface area contributed by atoms with Gasteiger partial charge < -0.3 is 9.84 Å². The Balaban J connectivity index is 2.63. The van der Waals surface area contributed by atoms with Gasteiger partial charge in [-0.3, -0.25) is 9.59 Å². The van der Waals surface area contributed by atoms with Gasteiger partial charge in [-0.15, -0.1) is 0 Å². The van der Waals surface area contributed by atoms with Crippen molar-refractivity contribution >= 4 is 11.9 Å². The molecule has 0 bridgehead atoms. The van der Waals surface area contributed by atoms with Crippen LogP contribution in [0.2, 0.25) is 0 Å². The average Bonchev–Trinajstić information content (AvgIpc) is 2.76. The van der Waals surface area contributed by atoms with Gasteiger partial charge in [-0.1, -0.05) is 97.8 Å². The Morgan fingerprint density at radius 3 is 2.10 bits per heavy atom. The van der Waals surface area contributed by atoms with Gasteiger partial charge in [0.05, 0.1) is 11.8 Å². The predicted octanol–water partition coefficient (Wildman–Crippen LogP) is 7.93. The van der Waals surface area contributed by atoms with Crippen LogP contribution in [0.1, 0.15) is 136 Å². The first-order valence-electron chi connectivity index (χ1n) is 13.4. The lowest BCUT2D eigenvalue weighted by atomic mass is 9.81. The third-order valence-electron chi connectivity index (χ3n) is 7.03. The minimum absolute atomic E-state index is 0.00190. The van der Waals surface area contributed by atoms with Crippen LogP contribution in [0.15, 0.2) is 0 Å².